The number of hydrogen-bond acceptors (Lipinski definition) is 6. The van der Waals surface area contributed by atoms with Gasteiger partial charge < -0.3 is 10.4 Å². The lowest BCUT2D eigenvalue weighted by Crippen LogP contribution is -2.46. The van der Waals surface area contributed by atoms with E-state index < -0.39 is 50.5 Å². The third-order valence-electron chi connectivity index (χ3n) is 3.89. The number of carbonyl (C=O) groups excluding carboxylic acids is 1. The lowest BCUT2D eigenvalue weighted by atomic mass is 10.1. The first-order valence-electron chi connectivity index (χ1n) is 8.22. The number of anilines is 1. The molecule has 1 aromatic carbocycles. The summed E-state index contributed by atoms with van der Waals surface area (Å²) < 4.78 is 76.9. The minimum Gasteiger partial charge on any atom is -0.379 e. The predicted octanol–water partition coefficient (Wildman–Crippen LogP) is 2.36. The van der Waals surface area contributed by atoms with Gasteiger partial charge in [-0.15, -0.1) is 5.10 Å². The molecule has 0 aliphatic heterocycles. The highest BCUT2D eigenvalue weighted by Crippen LogP contribution is 2.32. The van der Waals surface area contributed by atoms with Crippen molar-refractivity contribution in [2.24, 2.45) is 0 Å². The molecule has 2 rings (SSSR count). The van der Waals surface area contributed by atoms with Crippen molar-refractivity contribution in [1.29, 1.82) is 0 Å². The van der Waals surface area contributed by atoms with Gasteiger partial charge in [-0.3, -0.25) is 4.79 Å². The van der Waals surface area contributed by atoms with Gasteiger partial charge in [-0.2, -0.15) is 18.3 Å². The Kier molecular flexibility index (Phi) is 6.28. The number of nitrogens with one attached hydrogen (secondary N) is 1. The Labute approximate surface area is 163 Å². The fourth-order valence-corrected chi connectivity index (χ4v) is 3.98. The minimum atomic E-state index is -4.74. The molecule has 158 valence electrons. The summed E-state index contributed by atoms with van der Waals surface area (Å²) in [5.41, 5.74) is -3.96. The van der Waals surface area contributed by atoms with Crippen molar-refractivity contribution >= 4 is 21.6 Å². The van der Waals surface area contributed by atoms with Gasteiger partial charge in [-0.1, -0.05) is 6.92 Å². The molecule has 0 aliphatic rings. The van der Waals surface area contributed by atoms with Crippen molar-refractivity contribution in [2.75, 3.05) is 11.1 Å². The van der Waals surface area contributed by atoms with E-state index in [2.05, 4.69) is 10.2 Å². The van der Waals surface area contributed by atoms with Crippen molar-refractivity contribution in [1.82, 2.24) is 10.2 Å². The third kappa shape index (κ3) is 5.48. The van der Waals surface area contributed by atoms with Gasteiger partial charge >= 0.3 is 6.18 Å². The summed E-state index contributed by atoms with van der Waals surface area (Å²) >= 11 is 0. The molecule has 12 heteroatoms. The highest BCUT2D eigenvalue weighted by atomic mass is 32.2. The van der Waals surface area contributed by atoms with Crippen molar-refractivity contribution in [3.8, 4) is 0 Å². The van der Waals surface area contributed by atoms with E-state index >= 15 is 0 Å². The molecule has 0 fully saturated rings. The molecule has 0 unspecified atom stereocenters. The van der Waals surface area contributed by atoms with Crippen LogP contribution in [0.15, 0.2) is 35.2 Å². The molecule has 1 amide bonds. The Bertz CT molecular complexity index is 1010. The van der Waals surface area contributed by atoms with E-state index in [-0.39, 0.29) is 17.0 Å². The minimum absolute atomic E-state index is 0.0519. The first-order chi connectivity index (χ1) is 13.3. The number of halogens is 4. The molecule has 1 heterocycles. The maximum Gasteiger partial charge on any atom is 0.418 e. The van der Waals surface area contributed by atoms with Gasteiger partial charge in [0.15, 0.2) is 21.3 Å². The van der Waals surface area contributed by atoms with Gasteiger partial charge in [0.1, 0.15) is 5.82 Å². The largest absolute Gasteiger partial charge is 0.418 e. The summed E-state index contributed by atoms with van der Waals surface area (Å²) in [6, 6.07) is 4.26. The average Bonchev–Trinajstić information content (AvgIpc) is 2.60. The first-order valence-corrected chi connectivity index (χ1v) is 9.87. The van der Waals surface area contributed by atoms with E-state index in [0.29, 0.717) is 6.07 Å². The Morgan fingerprint density at radius 2 is 1.76 bits per heavy atom. The van der Waals surface area contributed by atoms with Crippen LogP contribution in [0.3, 0.4) is 0 Å². The van der Waals surface area contributed by atoms with Crippen molar-refractivity contribution < 1.29 is 35.9 Å². The Morgan fingerprint density at radius 3 is 2.28 bits per heavy atom. The number of hydrogen-bond donors (Lipinski definition) is 2. The van der Waals surface area contributed by atoms with Crippen LogP contribution >= 0.6 is 0 Å². The summed E-state index contributed by atoms with van der Waals surface area (Å²) in [5.74, 6) is -3.67. The molecule has 0 saturated carbocycles. The van der Waals surface area contributed by atoms with Crippen molar-refractivity contribution in [2.45, 2.75) is 36.9 Å². The zero-order valence-electron chi connectivity index (χ0n) is 15.3. The zero-order valence-corrected chi connectivity index (χ0v) is 16.1. The van der Waals surface area contributed by atoms with Crippen LogP contribution in [0.5, 0.6) is 0 Å². The zero-order chi connectivity index (χ0) is 22.0. The second-order valence-corrected chi connectivity index (χ2v) is 8.37. The maximum absolute atomic E-state index is 13.1. The molecule has 0 spiro atoms. The van der Waals surface area contributed by atoms with Crippen LogP contribution in [0.1, 0.15) is 25.1 Å². The molecule has 2 N–H and O–H groups in total. The van der Waals surface area contributed by atoms with E-state index in [4.69, 9.17) is 0 Å². The molecular formula is C17H17F4N3O4S. The SMILES string of the molecule is CCc1nnc(NC(=O)[C@@](C)(O)CS(=O)(=O)c2ccc(F)cc2)cc1C(F)(F)F. The van der Waals surface area contributed by atoms with Crippen molar-refractivity contribution in [3.63, 3.8) is 0 Å². The highest BCUT2D eigenvalue weighted by Gasteiger charge is 2.38. The molecule has 2 aromatic rings. The van der Waals surface area contributed by atoms with E-state index in [1.807, 2.05) is 5.32 Å². The lowest BCUT2D eigenvalue weighted by molar-refractivity contribution is -0.138. The normalized spacial score (nSPS) is 14.3. The Morgan fingerprint density at radius 1 is 1.17 bits per heavy atom. The van der Waals surface area contributed by atoms with E-state index in [1.54, 1.807) is 0 Å². The number of rotatable bonds is 6. The van der Waals surface area contributed by atoms with Crippen LogP contribution in [-0.4, -0.2) is 41.0 Å². The number of alkyl halides is 3. The average molecular weight is 435 g/mol. The monoisotopic (exact) mass is 435 g/mol. The molecule has 0 bridgehead atoms. The summed E-state index contributed by atoms with van der Waals surface area (Å²) in [4.78, 5) is 11.9. The number of benzene rings is 1. The van der Waals surface area contributed by atoms with Gasteiger partial charge in [0, 0.05) is 0 Å². The van der Waals surface area contributed by atoms with Crippen LogP contribution in [0, 0.1) is 5.82 Å². The van der Waals surface area contributed by atoms with Gasteiger partial charge in [-0.25, -0.2) is 12.8 Å². The molecule has 0 aliphatic carbocycles. The van der Waals surface area contributed by atoms with Crippen LogP contribution in [-0.2, 0) is 27.2 Å². The number of aliphatic hydroxyl groups is 1. The van der Waals surface area contributed by atoms with E-state index in [0.717, 1.165) is 31.2 Å². The number of amides is 1. The summed E-state index contributed by atoms with van der Waals surface area (Å²) in [5, 5.41) is 19.1. The van der Waals surface area contributed by atoms with Gasteiger partial charge in [0.2, 0.25) is 0 Å². The quantitative estimate of drug-likeness (QED) is 0.533. The third-order valence-corrected chi connectivity index (χ3v) is 5.82. The van der Waals surface area contributed by atoms with Crippen LogP contribution in [0.2, 0.25) is 0 Å². The number of aromatic nitrogens is 2. The molecule has 0 radical (unpaired) electrons. The molecule has 7 nitrogen and oxygen atoms in total. The van der Waals surface area contributed by atoms with Gasteiger partial charge in [-0.05, 0) is 43.7 Å². The Balaban J connectivity index is 2.24. The topological polar surface area (TPSA) is 109 Å². The second-order valence-electron chi connectivity index (χ2n) is 6.38. The second kappa shape index (κ2) is 8.03. The maximum atomic E-state index is 13.1. The first kappa shape index (κ1) is 22.7. The Hall–Kier alpha value is -2.60. The molecule has 29 heavy (non-hydrogen) atoms. The van der Waals surface area contributed by atoms with E-state index in [9.17, 15) is 35.9 Å². The molecule has 1 aromatic heterocycles. The lowest BCUT2D eigenvalue weighted by Gasteiger charge is -2.22. The molecule has 1 atom stereocenters. The number of nitrogens with zero attached hydrogens (tertiary/aromatic N) is 2. The standard InChI is InChI=1S/C17H17F4N3O4S/c1-3-13-12(17(19,20)21)8-14(24-23-13)22-15(25)16(2,26)9-29(27,28)11-6-4-10(18)5-7-11/h4-8,26H,3,9H2,1-2H3,(H,22,24,25)/t16-/m0/s1. The van der Waals surface area contributed by atoms with Crippen LogP contribution in [0.4, 0.5) is 23.4 Å². The smallest absolute Gasteiger partial charge is 0.379 e. The van der Waals surface area contributed by atoms with E-state index in [1.165, 1.54) is 6.92 Å². The molecular weight excluding hydrogens is 418 g/mol. The highest BCUT2D eigenvalue weighted by molar-refractivity contribution is 7.91. The summed E-state index contributed by atoms with van der Waals surface area (Å²) in [6.07, 6.45) is -4.79. The predicted molar refractivity (Wildman–Crippen MR) is 94.1 cm³/mol. The van der Waals surface area contributed by atoms with Crippen molar-refractivity contribution in [3.05, 3.63) is 47.4 Å². The summed E-state index contributed by atoms with van der Waals surface area (Å²) in [7, 11) is -4.21. The fraction of sp³-hybridized carbons (Fsp3) is 0.353. The molecule has 0 saturated heterocycles. The van der Waals surface area contributed by atoms with Gasteiger partial charge in [0.25, 0.3) is 5.91 Å². The van der Waals surface area contributed by atoms with Gasteiger partial charge in [0.05, 0.1) is 21.9 Å². The number of carbonyl (C=O) groups is 1. The summed E-state index contributed by atoms with van der Waals surface area (Å²) in [6.45, 7) is 2.32. The van der Waals surface area contributed by atoms with Crippen LogP contribution < -0.4 is 5.32 Å². The fourth-order valence-electron chi connectivity index (χ4n) is 2.40. The number of sulfone groups is 1. The number of aryl methyl sites for hydroxylation is 1. The van der Waals surface area contributed by atoms with Crippen LogP contribution in [0.25, 0.3) is 0 Å².